The van der Waals surface area contributed by atoms with Crippen molar-refractivity contribution in [2.45, 2.75) is 367 Å². The van der Waals surface area contributed by atoms with Crippen molar-refractivity contribution in [1.29, 1.82) is 0 Å². The second kappa shape index (κ2) is 61.9. The Kier molecular flexibility index (Phi) is 60.5. The van der Waals surface area contributed by atoms with E-state index in [1.165, 1.54) is 173 Å². The van der Waals surface area contributed by atoms with E-state index in [-0.39, 0.29) is 25.7 Å². The minimum atomic E-state index is -4.94. The number of esters is 4. The number of hydrogen-bond acceptors (Lipinski definition) is 15. The molecule has 17 nitrogen and oxygen atoms in total. The molecule has 0 saturated carbocycles. The molecule has 0 fully saturated rings. The first-order valence-electron chi connectivity index (χ1n) is 35.3. The van der Waals surface area contributed by atoms with Crippen LogP contribution in [0.5, 0.6) is 0 Å². The minimum absolute atomic E-state index is 0.0993. The van der Waals surface area contributed by atoms with Crippen LogP contribution < -0.4 is 0 Å². The van der Waals surface area contributed by atoms with Crippen LogP contribution in [0, 0.1) is 0 Å². The van der Waals surface area contributed by atoms with Crippen LogP contribution in [0.15, 0.2) is 0 Å². The molecule has 0 aliphatic heterocycles. The van der Waals surface area contributed by atoms with E-state index in [9.17, 15) is 43.2 Å². The number of carbonyl (C=O) groups excluding carboxylic acids is 4. The molecule has 510 valence electrons. The van der Waals surface area contributed by atoms with E-state index >= 15 is 0 Å². The zero-order valence-corrected chi connectivity index (χ0v) is 57.1. The van der Waals surface area contributed by atoms with Gasteiger partial charge >= 0.3 is 39.5 Å². The molecule has 3 N–H and O–H groups in total. The predicted molar refractivity (Wildman–Crippen MR) is 345 cm³/mol. The summed E-state index contributed by atoms with van der Waals surface area (Å²) in [6, 6.07) is 0. The van der Waals surface area contributed by atoms with Crippen molar-refractivity contribution in [3.8, 4) is 0 Å². The summed E-state index contributed by atoms with van der Waals surface area (Å²) < 4.78 is 67.7. The second-order valence-electron chi connectivity index (χ2n) is 24.2. The van der Waals surface area contributed by atoms with Crippen molar-refractivity contribution in [3.63, 3.8) is 0 Å². The van der Waals surface area contributed by atoms with Crippen LogP contribution in [-0.2, 0) is 65.4 Å². The van der Waals surface area contributed by atoms with E-state index in [4.69, 9.17) is 37.0 Å². The van der Waals surface area contributed by atoms with Gasteiger partial charge in [-0.05, 0) is 25.7 Å². The molecule has 0 amide bonds. The first-order chi connectivity index (χ1) is 41.7. The number of rotatable bonds is 68. The summed E-state index contributed by atoms with van der Waals surface area (Å²) >= 11 is 0. The van der Waals surface area contributed by atoms with Crippen molar-refractivity contribution in [3.05, 3.63) is 0 Å². The van der Waals surface area contributed by atoms with Gasteiger partial charge < -0.3 is 33.8 Å². The van der Waals surface area contributed by atoms with Crippen molar-refractivity contribution in [2.75, 3.05) is 39.6 Å². The Balaban J connectivity index is 5.06. The third-order valence-corrected chi connectivity index (χ3v) is 17.5. The fourth-order valence-corrected chi connectivity index (χ4v) is 11.7. The van der Waals surface area contributed by atoms with Crippen molar-refractivity contribution in [2.24, 2.45) is 0 Å². The number of ether oxygens (including phenoxy) is 4. The number of phosphoric ester groups is 2. The largest absolute Gasteiger partial charge is 0.472 e. The van der Waals surface area contributed by atoms with Gasteiger partial charge in [0, 0.05) is 25.7 Å². The summed E-state index contributed by atoms with van der Waals surface area (Å²) in [5.74, 6) is -2.15. The van der Waals surface area contributed by atoms with E-state index in [0.29, 0.717) is 25.7 Å². The lowest BCUT2D eigenvalue weighted by Crippen LogP contribution is -2.30. The van der Waals surface area contributed by atoms with Crippen molar-refractivity contribution >= 4 is 39.5 Å². The SMILES string of the molecule is CCCCCCCCCCCCCCCCCCCCC(=O)OC[C@H](COP(=O)(O)OC[C@@H](O)COP(=O)(O)OC[C@@H](COC(=O)CCCCCCC)OC(=O)CCCCCCC)OC(=O)CCCCCCCCCCCCCCCCCCCC. The monoisotopic (exact) mass is 1270 g/mol. The Bertz CT molecular complexity index is 1650. The number of carbonyl (C=O) groups is 4. The molecule has 0 aliphatic rings. The predicted octanol–water partition coefficient (Wildman–Crippen LogP) is 19.1. The summed E-state index contributed by atoms with van der Waals surface area (Å²) in [5, 5.41) is 10.5. The van der Waals surface area contributed by atoms with E-state index < -0.39 is 97.5 Å². The van der Waals surface area contributed by atoms with Gasteiger partial charge in [-0.1, -0.05) is 297 Å². The van der Waals surface area contributed by atoms with Crippen LogP contribution >= 0.6 is 15.6 Å². The van der Waals surface area contributed by atoms with Crippen molar-refractivity contribution in [1.82, 2.24) is 0 Å². The first-order valence-corrected chi connectivity index (χ1v) is 38.3. The average Bonchev–Trinajstić information content (AvgIpc) is 3.71. The minimum Gasteiger partial charge on any atom is -0.462 e. The normalized spacial score (nSPS) is 14.1. The molecular weight excluding hydrogens is 1140 g/mol. The standard InChI is InChI=1S/C67H130O17P2/c1-5-9-13-17-19-21-23-25-27-29-31-33-35-37-39-41-45-48-52-65(70)78-58-63(84-67(72)54-50-46-42-40-38-36-34-32-30-28-26-24-22-20-18-14-10-6-2)60-82-86(75,76)80-56-61(68)55-79-85(73,74)81-59-62(83-66(71)53-49-44-16-12-8-4)57-77-64(69)51-47-43-15-11-7-3/h61-63,68H,5-60H2,1-4H3,(H,73,74)(H,75,76)/t61-,62+,63+/m0/s1. The van der Waals surface area contributed by atoms with Crippen LogP contribution in [0.2, 0.25) is 0 Å². The number of aliphatic hydroxyl groups is 1. The van der Waals surface area contributed by atoms with E-state index in [2.05, 4.69) is 27.7 Å². The average molecular weight is 1270 g/mol. The van der Waals surface area contributed by atoms with Crippen LogP contribution in [-0.4, -0.2) is 96.7 Å². The third kappa shape index (κ3) is 60.9. The van der Waals surface area contributed by atoms with Crippen LogP contribution in [0.3, 0.4) is 0 Å². The molecule has 0 radical (unpaired) electrons. The Morgan fingerprint density at radius 2 is 0.465 bits per heavy atom. The Hall–Kier alpha value is -1.94. The van der Waals surface area contributed by atoms with Gasteiger partial charge in [0.05, 0.1) is 26.4 Å². The quantitative estimate of drug-likeness (QED) is 0.0222. The summed E-state index contributed by atoms with van der Waals surface area (Å²) in [4.78, 5) is 71.8. The summed E-state index contributed by atoms with van der Waals surface area (Å²) in [5.41, 5.74) is 0. The smallest absolute Gasteiger partial charge is 0.462 e. The number of aliphatic hydroxyl groups excluding tert-OH is 1. The Labute approximate surface area is 524 Å². The van der Waals surface area contributed by atoms with Crippen molar-refractivity contribution < 1.29 is 80.2 Å². The van der Waals surface area contributed by atoms with Gasteiger partial charge in [0.1, 0.15) is 19.3 Å². The van der Waals surface area contributed by atoms with Crippen LogP contribution in [0.1, 0.15) is 349 Å². The maximum absolute atomic E-state index is 13.0. The molecule has 0 aromatic heterocycles. The van der Waals surface area contributed by atoms with Gasteiger partial charge in [-0.25, -0.2) is 9.13 Å². The summed E-state index contributed by atoms with van der Waals surface area (Å²) in [6.45, 7) is 4.74. The lowest BCUT2D eigenvalue weighted by atomic mass is 10.0. The van der Waals surface area contributed by atoms with Gasteiger partial charge in [0.25, 0.3) is 0 Å². The van der Waals surface area contributed by atoms with Gasteiger partial charge in [-0.3, -0.25) is 37.3 Å². The number of phosphoric acid groups is 2. The molecule has 0 aromatic carbocycles. The molecular formula is C67H130O17P2. The zero-order chi connectivity index (χ0) is 63.3. The van der Waals surface area contributed by atoms with Gasteiger partial charge in [0.15, 0.2) is 12.2 Å². The first kappa shape index (κ1) is 84.1. The topological polar surface area (TPSA) is 237 Å². The molecule has 86 heavy (non-hydrogen) atoms. The number of hydrogen-bond donors (Lipinski definition) is 3. The van der Waals surface area contributed by atoms with E-state index in [0.717, 1.165) is 96.3 Å². The molecule has 0 aliphatic carbocycles. The highest BCUT2D eigenvalue weighted by Crippen LogP contribution is 2.45. The van der Waals surface area contributed by atoms with Crippen LogP contribution in [0.4, 0.5) is 0 Å². The lowest BCUT2D eigenvalue weighted by Gasteiger charge is -2.21. The fourth-order valence-electron chi connectivity index (χ4n) is 10.2. The molecule has 5 atom stereocenters. The van der Waals surface area contributed by atoms with E-state index in [1.54, 1.807) is 0 Å². The molecule has 0 heterocycles. The highest BCUT2D eigenvalue weighted by Gasteiger charge is 2.30. The molecule has 0 rings (SSSR count). The molecule has 0 saturated heterocycles. The summed E-state index contributed by atoms with van der Waals surface area (Å²) in [7, 11) is -9.87. The summed E-state index contributed by atoms with van der Waals surface area (Å²) in [6.07, 6.45) is 49.6. The van der Waals surface area contributed by atoms with E-state index in [1.807, 2.05) is 0 Å². The third-order valence-electron chi connectivity index (χ3n) is 15.6. The highest BCUT2D eigenvalue weighted by molar-refractivity contribution is 7.47. The maximum Gasteiger partial charge on any atom is 0.472 e. The fraction of sp³-hybridized carbons (Fsp3) is 0.940. The zero-order valence-electron chi connectivity index (χ0n) is 55.3. The second-order valence-corrected chi connectivity index (χ2v) is 27.1. The van der Waals surface area contributed by atoms with Gasteiger partial charge in [0.2, 0.25) is 0 Å². The molecule has 0 bridgehead atoms. The Morgan fingerprint density at radius 1 is 0.279 bits per heavy atom. The number of unbranched alkanes of at least 4 members (excludes halogenated alkanes) is 42. The molecule has 0 spiro atoms. The Morgan fingerprint density at radius 3 is 0.686 bits per heavy atom. The molecule has 2 unspecified atom stereocenters. The molecule has 19 heteroatoms. The molecule has 0 aromatic rings. The van der Waals surface area contributed by atoms with Crippen LogP contribution in [0.25, 0.3) is 0 Å². The lowest BCUT2D eigenvalue weighted by molar-refractivity contribution is -0.161. The van der Waals surface area contributed by atoms with Gasteiger partial charge in [-0.2, -0.15) is 0 Å². The highest BCUT2D eigenvalue weighted by atomic mass is 31.2. The van der Waals surface area contributed by atoms with Gasteiger partial charge in [-0.15, -0.1) is 0 Å². The maximum atomic E-state index is 13.0.